The van der Waals surface area contributed by atoms with Crippen LogP contribution in [0.4, 0.5) is 0 Å². The van der Waals surface area contributed by atoms with E-state index in [4.69, 9.17) is 14.9 Å². The van der Waals surface area contributed by atoms with Crippen molar-refractivity contribution in [1.82, 2.24) is 0 Å². The number of carboxylic acids is 2. The summed E-state index contributed by atoms with van der Waals surface area (Å²) in [6.45, 7) is 4.92. The molecule has 0 aromatic rings. The maximum absolute atomic E-state index is 11.5. The molecule has 17 heavy (non-hydrogen) atoms. The molecule has 0 bridgehead atoms. The average molecular weight is 246 g/mol. The minimum atomic E-state index is -1.30. The lowest BCUT2D eigenvalue weighted by Crippen LogP contribution is -2.32. The number of carboxylic acid groups (broad SMARTS) is 2. The smallest absolute Gasteiger partial charge is 0.320 e. The third-order valence-electron chi connectivity index (χ3n) is 1.87. The molecule has 0 spiro atoms. The monoisotopic (exact) mass is 246 g/mol. The van der Waals surface area contributed by atoms with Gasteiger partial charge in [0.25, 0.3) is 0 Å². The number of carbonyl (C=O) groups excluding carboxylic acids is 1. The van der Waals surface area contributed by atoms with Gasteiger partial charge in [-0.1, -0.05) is 0 Å². The first-order chi connectivity index (χ1) is 7.63. The van der Waals surface area contributed by atoms with Crippen molar-refractivity contribution in [2.45, 2.75) is 45.6 Å². The summed E-state index contributed by atoms with van der Waals surface area (Å²) in [6, 6.07) is 0. The zero-order chi connectivity index (χ0) is 13.6. The number of carbonyl (C=O) groups is 3. The van der Waals surface area contributed by atoms with Gasteiger partial charge in [-0.15, -0.1) is 0 Å². The van der Waals surface area contributed by atoms with Crippen molar-refractivity contribution in [3.8, 4) is 0 Å². The Balaban J connectivity index is 4.38. The molecule has 98 valence electrons. The van der Waals surface area contributed by atoms with E-state index in [-0.39, 0.29) is 19.3 Å². The number of rotatable bonds is 6. The fourth-order valence-electron chi connectivity index (χ4n) is 1.17. The van der Waals surface area contributed by atoms with Gasteiger partial charge in [-0.3, -0.25) is 14.4 Å². The van der Waals surface area contributed by atoms with Crippen LogP contribution in [-0.4, -0.2) is 33.7 Å². The molecule has 0 fully saturated rings. The zero-order valence-corrected chi connectivity index (χ0v) is 10.2. The summed E-state index contributed by atoms with van der Waals surface area (Å²) in [6.07, 6.45) is -0.0608. The maximum atomic E-state index is 11.5. The molecule has 6 nitrogen and oxygen atoms in total. The van der Waals surface area contributed by atoms with Crippen LogP contribution in [0, 0.1) is 5.92 Å². The van der Waals surface area contributed by atoms with Crippen LogP contribution >= 0.6 is 0 Å². The first-order valence-electron chi connectivity index (χ1n) is 5.31. The summed E-state index contributed by atoms with van der Waals surface area (Å²) in [4.78, 5) is 32.7. The highest BCUT2D eigenvalue weighted by Gasteiger charge is 2.30. The Bertz CT molecular complexity index is 302. The lowest BCUT2D eigenvalue weighted by atomic mass is 10.0. The van der Waals surface area contributed by atoms with Crippen molar-refractivity contribution in [1.29, 1.82) is 0 Å². The lowest BCUT2D eigenvalue weighted by Gasteiger charge is -2.22. The van der Waals surface area contributed by atoms with Gasteiger partial charge >= 0.3 is 17.9 Å². The van der Waals surface area contributed by atoms with E-state index < -0.39 is 29.4 Å². The molecule has 6 heteroatoms. The molecule has 0 aliphatic rings. The van der Waals surface area contributed by atoms with E-state index in [1.54, 1.807) is 20.8 Å². The number of ether oxygens (including phenoxy) is 1. The third-order valence-corrected chi connectivity index (χ3v) is 1.87. The molecule has 1 atom stereocenters. The van der Waals surface area contributed by atoms with Crippen molar-refractivity contribution in [3.05, 3.63) is 0 Å². The van der Waals surface area contributed by atoms with Gasteiger partial charge in [0, 0.05) is 6.42 Å². The van der Waals surface area contributed by atoms with E-state index >= 15 is 0 Å². The predicted molar refractivity (Wildman–Crippen MR) is 58.5 cm³/mol. The van der Waals surface area contributed by atoms with Gasteiger partial charge < -0.3 is 14.9 Å². The highest BCUT2D eigenvalue weighted by molar-refractivity contribution is 5.94. The van der Waals surface area contributed by atoms with E-state index in [9.17, 15) is 14.4 Å². The summed E-state index contributed by atoms with van der Waals surface area (Å²) >= 11 is 0. The normalized spacial score (nSPS) is 12.9. The quantitative estimate of drug-likeness (QED) is 0.541. The van der Waals surface area contributed by atoms with Crippen LogP contribution in [0.3, 0.4) is 0 Å². The van der Waals surface area contributed by atoms with Gasteiger partial charge in [-0.2, -0.15) is 0 Å². The molecule has 0 radical (unpaired) electrons. The highest BCUT2D eigenvalue weighted by Crippen LogP contribution is 2.16. The molecule has 0 rings (SSSR count). The molecule has 0 aromatic heterocycles. The second-order valence-corrected chi connectivity index (χ2v) is 4.71. The van der Waals surface area contributed by atoms with Gasteiger partial charge in [0.15, 0.2) is 5.92 Å². The minimum Gasteiger partial charge on any atom is -0.481 e. The number of aliphatic carboxylic acids is 2. The molecular formula is C11H18O6. The van der Waals surface area contributed by atoms with Crippen molar-refractivity contribution in [2.75, 3.05) is 0 Å². The van der Waals surface area contributed by atoms with Gasteiger partial charge in [0.2, 0.25) is 0 Å². The standard InChI is InChI=1S/C11H18O6/c1-11(2,3)17-10(16)7(9(14)15)5-4-6-8(12)13/h7H,4-6H2,1-3H3,(H,12,13)(H,14,15). The first-order valence-corrected chi connectivity index (χ1v) is 5.31. The molecule has 0 amide bonds. The maximum Gasteiger partial charge on any atom is 0.320 e. The second-order valence-electron chi connectivity index (χ2n) is 4.71. The van der Waals surface area contributed by atoms with Gasteiger partial charge in [-0.25, -0.2) is 0 Å². The molecule has 0 saturated carbocycles. The average Bonchev–Trinajstić information content (AvgIpc) is 2.07. The van der Waals surface area contributed by atoms with Crippen LogP contribution in [0.2, 0.25) is 0 Å². The van der Waals surface area contributed by atoms with Crippen LogP contribution in [0.25, 0.3) is 0 Å². The molecule has 0 aliphatic carbocycles. The van der Waals surface area contributed by atoms with E-state index in [0.717, 1.165) is 0 Å². The third kappa shape index (κ3) is 7.32. The van der Waals surface area contributed by atoms with Gasteiger partial charge in [0.1, 0.15) is 5.60 Å². The van der Waals surface area contributed by atoms with Crippen molar-refractivity contribution >= 4 is 17.9 Å². The summed E-state index contributed by atoms with van der Waals surface area (Å²) < 4.78 is 4.95. The summed E-state index contributed by atoms with van der Waals surface area (Å²) in [5, 5.41) is 17.3. The Labute approximate surface area is 99.6 Å². The van der Waals surface area contributed by atoms with E-state index in [0.29, 0.717) is 0 Å². The second kappa shape index (κ2) is 6.22. The zero-order valence-electron chi connectivity index (χ0n) is 10.2. The molecule has 0 saturated heterocycles. The molecule has 0 heterocycles. The fourth-order valence-corrected chi connectivity index (χ4v) is 1.17. The van der Waals surface area contributed by atoms with E-state index in [1.807, 2.05) is 0 Å². The Morgan fingerprint density at radius 1 is 1.18 bits per heavy atom. The van der Waals surface area contributed by atoms with Crippen LogP contribution in [-0.2, 0) is 19.1 Å². The molecule has 0 aromatic carbocycles. The SMILES string of the molecule is CC(C)(C)OC(=O)C(CCCC(=O)O)C(=O)O. The Kier molecular flexibility index (Phi) is 5.64. The molecular weight excluding hydrogens is 228 g/mol. The van der Waals surface area contributed by atoms with Gasteiger partial charge in [0.05, 0.1) is 0 Å². The largest absolute Gasteiger partial charge is 0.481 e. The Morgan fingerprint density at radius 2 is 1.71 bits per heavy atom. The predicted octanol–water partition coefficient (Wildman–Crippen LogP) is 1.28. The summed E-state index contributed by atoms with van der Waals surface area (Å²) in [5.74, 6) is -4.42. The fraction of sp³-hybridized carbons (Fsp3) is 0.727. The summed E-state index contributed by atoms with van der Waals surface area (Å²) in [5.41, 5.74) is -0.752. The van der Waals surface area contributed by atoms with Crippen LogP contribution in [0.1, 0.15) is 40.0 Å². The van der Waals surface area contributed by atoms with Gasteiger partial charge in [-0.05, 0) is 33.6 Å². The number of hydrogen-bond acceptors (Lipinski definition) is 4. The van der Waals surface area contributed by atoms with Crippen LogP contribution in [0.15, 0.2) is 0 Å². The number of hydrogen-bond donors (Lipinski definition) is 2. The number of esters is 1. The minimum absolute atomic E-state index is 0.0312. The van der Waals surface area contributed by atoms with Crippen molar-refractivity contribution < 1.29 is 29.3 Å². The van der Waals surface area contributed by atoms with E-state index in [2.05, 4.69) is 0 Å². The first kappa shape index (κ1) is 15.4. The summed E-state index contributed by atoms with van der Waals surface area (Å²) in [7, 11) is 0. The highest BCUT2D eigenvalue weighted by atomic mass is 16.6. The Morgan fingerprint density at radius 3 is 2.06 bits per heavy atom. The molecule has 0 aliphatic heterocycles. The van der Waals surface area contributed by atoms with Crippen LogP contribution < -0.4 is 0 Å². The topological polar surface area (TPSA) is 101 Å². The van der Waals surface area contributed by atoms with Crippen molar-refractivity contribution in [3.63, 3.8) is 0 Å². The van der Waals surface area contributed by atoms with Crippen molar-refractivity contribution in [2.24, 2.45) is 5.92 Å². The Hall–Kier alpha value is -1.59. The van der Waals surface area contributed by atoms with Crippen LogP contribution in [0.5, 0.6) is 0 Å². The van der Waals surface area contributed by atoms with E-state index in [1.165, 1.54) is 0 Å². The molecule has 1 unspecified atom stereocenters. The molecule has 2 N–H and O–H groups in total. The lowest BCUT2D eigenvalue weighted by molar-refractivity contribution is -0.167.